The summed E-state index contributed by atoms with van der Waals surface area (Å²) in [4.78, 5) is 4.00. The molecule has 0 aliphatic heterocycles. The lowest BCUT2D eigenvalue weighted by Gasteiger charge is -2.14. The van der Waals surface area contributed by atoms with Crippen LogP contribution < -0.4 is 4.74 Å². The predicted octanol–water partition coefficient (Wildman–Crippen LogP) is 1.16. The highest BCUT2D eigenvalue weighted by Gasteiger charge is 2.13. The summed E-state index contributed by atoms with van der Waals surface area (Å²) < 4.78 is 5.38. The highest BCUT2D eigenvalue weighted by Crippen LogP contribution is 2.22. The zero-order valence-electron chi connectivity index (χ0n) is 8.56. The van der Waals surface area contributed by atoms with Gasteiger partial charge in [-0.2, -0.15) is 0 Å². The van der Waals surface area contributed by atoms with Gasteiger partial charge in [-0.25, -0.2) is 4.98 Å². The van der Waals surface area contributed by atoms with Crippen molar-refractivity contribution in [3.63, 3.8) is 0 Å². The van der Waals surface area contributed by atoms with Crippen LogP contribution in [0.1, 0.15) is 31.5 Å². The van der Waals surface area contributed by atoms with Gasteiger partial charge in [-0.3, -0.25) is 0 Å². The van der Waals surface area contributed by atoms with Crippen molar-refractivity contribution in [2.75, 3.05) is 0 Å². The van der Waals surface area contributed by atoms with Gasteiger partial charge in [-0.05, 0) is 32.9 Å². The predicted molar refractivity (Wildman–Crippen MR) is 51.9 cm³/mol. The topological polar surface area (TPSA) is 62.6 Å². The Morgan fingerprint density at radius 2 is 1.93 bits per heavy atom. The molecule has 1 heterocycles. The third-order valence-electron chi connectivity index (χ3n) is 1.63. The first kappa shape index (κ1) is 10.9. The molecular formula is C10H15NO3. The highest BCUT2D eigenvalue weighted by atomic mass is 16.5. The van der Waals surface area contributed by atoms with Gasteiger partial charge in [0.2, 0.25) is 0 Å². The number of ether oxygens (including phenoxy) is 1. The van der Waals surface area contributed by atoms with E-state index in [-0.39, 0.29) is 11.8 Å². The van der Waals surface area contributed by atoms with Crippen LogP contribution in [0, 0.1) is 6.92 Å². The fraction of sp³-hybridized carbons (Fsp3) is 0.500. The van der Waals surface area contributed by atoms with E-state index in [9.17, 15) is 0 Å². The highest BCUT2D eigenvalue weighted by molar-refractivity contribution is 5.30. The average Bonchev–Trinajstić information content (AvgIpc) is 2.07. The molecule has 1 rings (SSSR count). The van der Waals surface area contributed by atoms with Crippen molar-refractivity contribution < 1.29 is 14.9 Å². The van der Waals surface area contributed by atoms with E-state index in [0.717, 1.165) is 5.69 Å². The molecule has 0 aromatic carbocycles. The van der Waals surface area contributed by atoms with E-state index in [2.05, 4.69) is 4.98 Å². The summed E-state index contributed by atoms with van der Waals surface area (Å²) in [5, 5.41) is 18.1. The number of pyridine rings is 1. The molecule has 0 aliphatic rings. The van der Waals surface area contributed by atoms with Gasteiger partial charge in [0.05, 0.1) is 6.10 Å². The molecule has 0 amide bonds. The maximum Gasteiger partial charge on any atom is 0.199 e. The quantitative estimate of drug-likeness (QED) is 0.714. The van der Waals surface area contributed by atoms with Crippen molar-refractivity contribution in [1.29, 1.82) is 0 Å². The molecule has 1 aromatic rings. The smallest absolute Gasteiger partial charge is 0.199 e. The summed E-state index contributed by atoms with van der Waals surface area (Å²) in [7, 11) is 0. The molecule has 1 aromatic heterocycles. The molecular weight excluding hydrogens is 182 g/mol. The minimum Gasteiger partial charge on any atom is -0.489 e. The lowest BCUT2D eigenvalue weighted by Crippen LogP contribution is -2.11. The Bertz CT molecular complexity index is 310. The molecule has 0 radical (unpaired) electrons. The minimum atomic E-state index is -1.59. The van der Waals surface area contributed by atoms with Gasteiger partial charge >= 0.3 is 0 Å². The van der Waals surface area contributed by atoms with Crippen molar-refractivity contribution in [3.8, 4) is 5.75 Å². The van der Waals surface area contributed by atoms with Crippen LogP contribution >= 0.6 is 0 Å². The third-order valence-corrected chi connectivity index (χ3v) is 1.63. The molecule has 0 saturated carbocycles. The van der Waals surface area contributed by atoms with Crippen LogP contribution in [-0.4, -0.2) is 21.3 Å². The molecule has 4 nitrogen and oxygen atoms in total. The van der Waals surface area contributed by atoms with Crippen molar-refractivity contribution in [2.45, 2.75) is 33.2 Å². The lowest BCUT2D eigenvalue weighted by molar-refractivity contribution is -0.0481. The van der Waals surface area contributed by atoms with Crippen molar-refractivity contribution in [3.05, 3.63) is 23.5 Å². The van der Waals surface area contributed by atoms with Crippen LogP contribution in [0.4, 0.5) is 0 Å². The van der Waals surface area contributed by atoms with E-state index in [1.165, 1.54) is 0 Å². The molecule has 0 unspecified atom stereocenters. The van der Waals surface area contributed by atoms with Gasteiger partial charge in [-0.15, -0.1) is 0 Å². The number of aliphatic hydroxyl groups is 2. The second-order valence-electron chi connectivity index (χ2n) is 3.38. The summed E-state index contributed by atoms with van der Waals surface area (Å²) in [6.07, 6.45) is -1.61. The van der Waals surface area contributed by atoms with E-state index in [1.807, 2.05) is 13.8 Å². The maximum atomic E-state index is 9.05. The molecule has 14 heavy (non-hydrogen) atoms. The molecule has 4 heteroatoms. The molecule has 0 bridgehead atoms. The van der Waals surface area contributed by atoms with Crippen LogP contribution in [0.3, 0.4) is 0 Å². The normalized spacial score (nSPS) is 11.1. The Balaban J connectivity index is 3.02. The first-order valence-corrected chi connectivity index (χ1v) is 4.51. The fourth-order valence-electron chi connectivity index (χ4n) is 1.10. The summed E-state index contributed by atoms with van der Waals surface area (Å²) in [5.74, 6) is 0.417. The number of nitrogens with zero attached hydrogens (tertiary/aromatic N) is 1. The van der Waals surface area contributed by atoms with Gasteiger partial charge in [0, 0.05) is 5.69 Å². The van der Waals surface area contributed by atoms with Crippen molar-refractivity contribution in [2.24, 2.45) is 0 Å². The Morgan fingerprint density at radius 1 is 1.29 bits per heavy atom. The van der Waals surface area contributed by atoms with E-state index < -0.39 is 6.29 Å². The first-order chi connectivity index (χ1) is 6.50. The zero-order valence-corrected chi connectivity index (χ0v) is 8.56. The van der Waals surface area contributed by atoms with E-state index in [4.69, 9.17) is 14.9 Å². The van der Waals surface area contributed by atoms with Crippen LogP contribution in [0.2, 0.25) is 0 Å². The molecule has 0 spiro atoms. The van der Waals surface area contributed by atoms with Crippen LogP contribution in [0.25, 0.3) is 0 Å². The Labute approximate surface area is 83.2 Å². The van der Waals surface area contributed by atoms with Gasteiger partial charge in [-0.1, -0.05) is 0 Å². The van der Waals surface area contributed by atoms with Crippen LogP contribution in [0.5, 0.6) is 5.75 Å². The van der Waals surface area contributed by atoms with Crippen molar-refractivity contribution >= 4 is 0 Å². The Morgan fingerprint density at radius 3 is 2.43 bits per heavy atom. The Hall–Kier alpha value is -1.13. The van der Waals surface area contributed by atoms with Gasteiger partial charge < -0.3 is 14.9 Å². The molecule has 2 N–H and O–H groups in total. The fourth-order valence-corrected chi connectivity index (χ4v) is 1.10. The summed E-state index contributed by atoms with van der Waals surface area (Å²) >= 11 is 0. The summed E-state index contributed by atoms with van der Waals surface area (Å²) in [6, 6.07) is 3.46. The van der Waals surface area contributed by atoms with Crippen molar-refractivity contribution in [1.82, 2.24) is 4.98 Å². The molecule has 78 valence electrons. The van der Waals surface area contributed by atoms with E-state index in [1.54, 1.807) is 19.1 Å². The number of aliphatic hydroxyl groups excluding tert-OH is 1. The van der Waals surface area contributed by atoms with E-state index >= 15 is 0 Å². The summed E-state index contributed by atoms with van der Waals surface area (Å²) in [6.45, 7) is 5.52. The SMILES string of the molecule is Cc1ccc(OC(C)C)c(C(O)O)n1. The number of rotatable bonds is 3. The first-order valence-electron chi connectivity index (χ1n) is 4.51. The molecule has 0 atom stereocenters. The lowest BCUT2D eigenvalue weighted by atomic mass is 10.2. The maximum absolute atomic E-state index is 9.05. The molecule has 0 saturated heterocycles. The number of hydrogen-bond donors (Lipinski definition) is 2. The summed E-state index contributed by atoms with van der Waals surface area (Å²) in [5.41, 5.74) is 0.892. The zero-order chi connectivity index (χ0) is 10.7. The van der Waals surface area contributed by atoms with Gasteiger partial charge in [0.15, 0.2) is 6.29 Å². The third kappa shape index (κ3) is 2.68. The molecule has 0 fully saturated rings. The van der Waals surface area contributed by atoms with Gasteiger partial charge in [0.25, 0.3) is 0 Å². The Kier molecular flexibility index (Phi) is 3.43. The number of hydrogen-bond acceptors (Lipinski definition) is 4. The van der Waals surface area contributed by atoms with Gasteiger partial charge in [0.1, 0.15) is 11.4 Å². The molecule has 0 aliphatic carbocycles. The standard InChI is InChI=1S/C10H15NO3/c1-6(2)14-8-5-4-7(3)11-9(8)10(12)13/h4-6,10,12-13H,1-3H3. The monoisotopic (exact) mass is 197 g/mol. The number of aromatic nitrogens is 1. The number of aryl methyl sites for hydroxylation is 1. The average molecular weight is 197 g/mol. The van der Waals surface area contributed by atoms with Crippen LogP contribution in [-0.2, 0) is 0 Å². The second kappa shape index (κ2) is 4.39. The van der Waals surface area contributed by atoms with E-state index in [0.29, 0.717) is 5.75 Å². The largest absolute Gasteiger partial charge is 0.489 e. The minimum absolute atomic E-state index is 0.0167. The second-order valence-corrected chi connectivity index (χ2v) is 3.38. The van der Waals surface area contributed by atoms with Crippen LogP contribution in [0.15, 0.2) is 12.1 Å².